The highest BCUT2D eigenvalue weighted by Gasteiger charge is 2.34. The van der Waals surface area contributed by atoms with E-state index in [1.807, 2.05) is 5.01 Å². The minimum atomic E-state index is 0.00983. The minimum Gasteiger partial charge on any atom is -0.347 e. The normalized spacial score (nSPS) is 15.8. The third-order valence-electron chi connectivity index (χ3n) is 16.9. The summed E-state index contributed by atoms with van der Waals surface area (Å²) >= 11 is 0. The maximum Gasteiger partial charge on any atom is 0.158 e. The van der Waals surface area contributed by atoms with Crippen LogP contribution in [0.5, 0.6) is 0 Å². The molecule has 0 aromatic rings. The standard InChI is InChI=1S/C43H79NO2.C39H72N2/c1-5-7-9-11-13-15-17-19-21-23-25-27-29-31-33-35-38-42-41(45-43(46-42)39-36-40-44(3)4)37-34-32-30-28-26-24-22-20-18-16-14-12-10-8-6-2;1-5-7-9-11-13-15-17-19-21-23-25-27-29-31-33-35-37-39(40-41(3)4)38-36-34-32-30-28-26-24-22-20-18-16-14-12-10-8-6-2/h14-17,20-23,41-43H,5-13,18-19,24-40H2,1-4H3;13-16,19-22H,5-12,17-18,23-38H2,1-4H3/b16-14-,17-15-,22-20-,23-21-;15-13-,16-14-,21-19-,22-20-. The Hall–Kier alpha value is -2.73. The molecular formula is C82H151N3O2. The topological polar surface area (TPSA) is 37.3 Å². The number of hydrazone groups is 1. The van der Waals surface area contributed by atoms with Crippen molar-refractivity contribution in [3.05, 3.63) is 97.2 Å². The fraction of sp³-hybridized carbons (Fsp3) is 0.793. The summed E-state index contributed by atoms with van der Waals surface area (Å²) in [5, 5.41) is 6.82. The third kappa shape index (κ3) is 67.5. The van der Waals surface area contributed by atoms with E-state index in [1.165, 1.54) is 307 Å². The molecule has 1 fully saturated rings. The lowest BCUT2D eigenvalue weighted by atomic mass is 9.99. The summed E-state index contributed by atoms with van der Waals surface area (Å²) < 4.78 is 13.0. The summed E-state index contributed by atoms with van der Waals surface area (Å²) in [4.78, 5) is 2.26. The van der Waals surface area contributed by atoms with Crippen molar-refractivity contribution >= 4 is 5.71 Å². The first-order valence-corrected chi connectivity index (χ1v) is 38.3. The average Bonchev–Trinajstić information content (AvgIpc) is 3.58. The van der Waals surface area contributed by atoms with Gasteiger partial charge in [0, 0.05) is 19.8 Å². The maximum atomic E-state index is 6.49. The summed E-state index contributed by atoms with van der Waals surface area (Å²) in [6, 6.07) is 0. The SMILES string of the molecule is CCCCC/C=C\C/C=C\CCCCCCCC1OC(CCCN(C)C)OC1CCCCCCC/C=C\C/C=C\CCCCCC.CCCCC/C=C\C/C=C\CCCCCCCCC(CCCCCCCC/C=C\C/C=C\CCCCC)=NN(C)C. The molecule has 3 atom stereocenters. The second-order valence-electron chi connectivity index (χ2n) is 26.3. The fourth-order valence-corrected chi connectivity index (χ4v) is 11.4. The molecule has 1 rings (SSSR count). The molecule has 1 saturated heterocycles. The number of hydrogen-bond donors (Lipinski definition) is 0. The van der Waals surface area contributed by atoms with Crippen molar-refractivity contribution < 1.29 is 9.47 Å². The Balaban J connectivity index is 0.00000171. The molecule has 0 radical (unpaired) electrons. The predicted molar refractivity (Wildman–Crippen MR) is 394 cm³/mol. The largest absolute Gasteiger partial charge is 0.347 e. The first-order chi connectivity index (χ1) is 42.9. The van der Waals surface area contributed by atoms with Crippen molar-refractivity contribution in [2.75, 3.05) is 34.7 Å². The van der Waals surface area contributed by atoms with Gasteiger partial charge in [0.2, 0.25) is 0 Å². The van der Waals surface area contributed by atoms with E-state index in [1.54, 1.807) is 0 Å². The van der Waals surface area contributed by atoms with Crippen molar-refractivity contribution in [1.82, 2.24) is 9.91 Å². The summed E-state index contributed by atoms with van der Waals surface area (Å²) in [7, 11) is 8.43. The first kappa shape index (κ1) is 84.3. The molecule has 0 aromatic carbocycles. The average molecular weight is 1210 g/mol. The van der Waals surface area contributed by atoms with Gasteiger partial charge in [-0.3, -0.25) is 0 Å². The van der Waals surface area contributed by atoms with E-state index in [-0.39, 0.29) is 6.29 Å². The molecule has 0 aliphatic carbocycles. The lowest BCUT2D eigenvalue weighted by molar-refractivity contribution is -0.0733. The van der Waals surface area contributed by atoms with E-state index in [0.717, 1.165) is 45.1 Å². The highest BCUT2D eigenvalue weighted by Crippen LogP contribution is 2.30. The van der Waals surface area contributed by atoms with Gasteiger partial charge >= 0.3 is 0 Å². The molecule has 0 amide bonds. The smallest absolute Gasteiger partial charge is 0.158 e. The van der Waals surface area contributed by atoms with Crippen LogP contribution in [-0.4, -0.2) is 68.9 Å². The summed E-state index contributed by atoms with van der Waals surface area (Å²) in [5.74, 6) is 0. The number of unbranched alkanes of at least 4 members (excludes halogenated alkanes) is 35. The fourth-order valence-electron chi connectivity index (χ4n) is 11.4. The second-order valence-corrected chi connectivity index (χ2v) is 26.3. The number of allylic oxidation sites excluding steroid dienone is 16. The van der Waals surface area contributed by atoms with Crippen molar-refractivity contribution in [3.63, 3.8) is 0 Å². The number of rotatable bonds is 64. The number of nitrogens with zero attached hydrogens (tertiary/aromatic N) is 3. The number of hydrogen-bond acceptors (Lipinski definition) is 5. The van der Waals surface area contributed by atoms with Crippen molar-refractivity contribution in [2.24, 2.45) is 5.10 Å². The molecule has 5 heteroatoms. The van der Waals surface area contributed by atoms with Gasteiger partial charge in [-0.1, -0.05) is 285 Å². The van der Waals surface area contributed by atoms with Crippen molar-refractivity contribution in [1.29, 1.82) is 0 Å². The van der Waals surface area contributed by atoms with Gasteiger partial charge in [-0.05, 0) is 200 Å². The molecule has 0 aromatic heterocycles. The summed E-state index contributed by atoms with van der Waals surface area (Å²) in [6.45, 7) is 10.2. The zero-order valence-corrected chi connectivity index (χ0v) is 59.8. The molecule has 87 heavy (non-hydrogen) atoms. The number of ether oxygens (including phenoxy) is 2. The van der Waals surface area contributed by atoms with Gasteiger partial charge in [0.25, 0.3) is 0 Å². The molecule has 0 spiro atoms. The zero-order chi connectivity index (χ0) is 63.1. The highest BCUT2D eigenvalue weighted by molar-refractivity contribution is 5.84. The van der Waals surface area contributed by atoms with Crippen LogP contribution in [-0.2, 0) is 9.47 Å². The quantitative estimate of drug-likeness (QED) is 0.0263. The van der Waals surface area contributed by atoms with Gasteiger partial charge in [0.1, 0.15) is 0 Å². The monoisotopic (exact) mass is 1210 g/mol. The van der Waals surface area contributed by atoms with Crippen LogP contribution in [0.4, 0.5) is 0 Å². The van der Waals surface area contributed by atoms with Crippen LogP contribution in [0.1, 0.15) is 368 Å². The Labute approximate surface area is 545 Å². The predicted octanol–water partition coefficient (Wildman–Crippen LogP) is 26.8. The van der Waals surface area contributed by atoms with Gasteiger partial charge in [-0.15, -0.1) is 0 Å². The van der Waals surface area contributed by atoms with E-state index < -0.39 is 0 Å². The van der Waals surface area contributed by atoms with Crippen LogP contribution in [0.25, 0.3) is 0 Å². The van der Waals surface area contributed by atoms with E-state index >= 15 is 0 Å². The van der Waals surface area contributed by atoms with Crippen LogP contribution in [0.3, 0.4) is 0 Å². The molecular weight excluding hydrogens is 1060 g/mol. The van der Waals surface area contributed by atoms with Crippen LogP contribution < -0.4 is 0 Å². The molecule has 1 aliphatic heterocycles. The molecule has 3 unspecified atom stereocenters. The Morgan fingerprint density at radius 1 is 0.287 bits per heavy atom. The molecule has 0 saturated carbocycles. The molecule has 506 valence electrons. The van der Waals surface area contributed by atoms with Crippen LogP contribution in [0.2, 0.25) is 0 Å². The van der Waals surface area contributed by atoms with Gasteiger partial charge in [-0.2, -0.15) is 5.10 Å². The lowest BCUT2D eigenvalue weighted by Gasteiger charge is -2.16. The second kappa shape index (κ2) is 72.3. The molecule has 0 N–H and O–H groups in total. The van der Waals surface area contributed by atoms with Crippen molar-refractivity contribution in [2.45, 2.75) is 386 Å². The van der Waals surface area contributed by atoms with Crippen LogP contribution in [0, 0.1) is 0 Å². The molecule has 1 aliphatic rings. The van der Waals surface area contributed by atoms with E-state index in [0.29, 0.717) is 12.2 Å². The third-order valence-corrected chi connectivity index (χ3v) is 16.9. The zero-order valence-electron chi connectivity index (χ0n) is 59.8. The van der Waals surface area contributed by atoms with E-state index in [4.69, 9.17) is 14.6 Å². The van der Waals surface area contributed by atoms with Crippen LogP contribution in [0.15, 0.2) is 102 Å². The van der Waals surface area contributed by atoms with Gasteiger partial charge in [-0.25, -0.2) is 0 Å². The molecule has 0 bridgehead atoms. The van der Waals surface area contributed by atoms with Crippen LogP contribution >= 0.6 is 0 Å². The minimum absolute atomic E-state index is 0.00983. The summed E-state index contributed by atoms with van der Waals surface area (Å²) in [5.41, 5.74) is 1.42. The molecule has 5 nitrogen and oxygen atoms in total. The lowest BCUT2D eigenvalue weighted by Crippen LogP contribution is -2.22. The van der Waals surface area contributed by atoms with Gasteiger partial charge < -0.3 is 19.4 Å². The van der Waals surface area contributed by atoms with Gasteiger partial charge in [0.05, 0.1) is 12.2 Å². The summed E-state index contributed by atoms with van der Waals surface area (Å²) in [6.07, 6.45) is 107. The van der Waals surface area contributed by atoms with Gasteiger partial charge in [0.15, 0.2) is 6.29 Å². The molecule has 1 heterocycles. The maximum absolute atomic E-state index is 6.49. The Morgan fingerprint density at radius 2 is 0.540 bits per heavy atom. The first-order valence-electron chi connectivity index (χ1n) is 38.3. The van der Waals surface area contributed by atoms with E-state index in [2.05, 4.69) is 158 Å². The Morgan fingerprint density at radius 3 is 0.828 bits per heavy atom. The Bertz CT molecular complexity index is 1580. The highest BCUT2D eigenvalue weighted by atomic mass is 16.7. The van der Waals surface area contributed by atoms with Crippen molar-refractivity contribution in [3.8, 4) is 0 Å². The Kier molecular flexibility index (Phi) is 70.1. The van der Waals surface area contributed by atoms with E-state index in [9.17, 15) is 0 Å².